The lowest BCUT2D eigenvalue weighted by Gasteiger charge is -2.30. The Balaban J connectivity index is 1.59. The van der Waals surface area contributed by atoms with Gasteiger partial charge in [0.1, 0.15) is 0 Å². The molecule has 0 saturated carbocycles. The van der Waals surface area contributed by atoms with Crippen molar-refractivity contribution >= 4 is 51.8 Å². The lowest BCUT2D eigenvalue weighted by atomic mass is 9.91. The highest BCUT2D eigenvalue weighted by Crippen LogP contribution is 2.54. The van der Waals surface area contributed by atoms with Crippen molar-refractivity contribution in [3.05, 3.63) is 93.6 Å². The molecule has 2 amide bonds. The van der Waals surface area contributed by atoms with Crippen LogP contribution in [0.15, 0.2) is 60.8 Å². The van der Waals surface area contributed by atoms with E-state index in [0.29, 0.717) is 28.6 Å². The average molecular weight is 675 g/mol. The summed E-state index contributed by atoms with van der Waals surface area (Å²) >= 11 is 7.83. The number of fused-ring (bicyclic) bond motifs is 1. The molecule has 0 bridgehead atoms. The highest BCUT2D eigenvalue weighted by Gasteiger charge is 2.74. The third-order valence-corrected chi connectivity index (χ3v) is 8.14. The Morgan fingerprint density at radius 3 is 2.27 bits per heavy atom. The number of aryl methyl sites for hydroxylation is 1. The van der Waals surface area contributed by atoms with Crippen molar-refractivity contribution < 1.29 is 40.3 Å². The van der Waals surface area contributed by atoms with Crippen LogP contribution in [0.5, 0.6) is 0 Å². The van der Waals surface area contributed by atoms with Crippen LogP contribution in [0.1, 0.15) is 44.3 Å². The van der Waals surface area contributed by atoms with Crippen molar-refractivity contribution in [2.45, 2.75) is 44.5 Å². The van der Waals surface area contributed by atoms with Crippen LogP contribution in [-0.4, -0.2) is 52.0 Å². The Morgan fingerprint density at radius 1 is 0.978 bits per heavy atom. The lowest BCUT2D eigenvalue weighted by molar-refractivity contribution is -0.348. The minimum atomic E-state index is -6.26. The maximum atomic E-state index is 14.9. The second-order valence-corrected chi connectivity index (χ2v) is 11.6. The van der Waals surface area contributed by atoms with E-state index in [9.17, 15) is 40.3 Å². The topological polar surface area (TPSA) is 76.0 Å². The van der Waals surface area contributed by atoms with Gasteiger partial charge in [-0.1, -0.05) is 41.9 Å². The zero-order valence-electron chi connectivity index (χ0n) is 23.9. The van der Waals surface area contributed by atoms with Crippen molar-refractivity contribution in [3.63, 3.8) is 0 Å². The molecule has 2 N–H and O–H groups in total. The van der Waals surface area contributed by atoms with Gasteiger partial charge >= 0.3 is 18.0 Å². The molecule has 3 aromatic carbocycles. The zero-order chi connectivity index (χ0) is 33.3. The smallest absolute Gasteiger partial charge is 0.349 e. The first-order valence-electron chi connectivity index (χ1n) is 13.3. The number of aromatic nitrogens is 2. The number of nitrogens with zero attached hydrogens (tertiary/aromatic N) is 2. The molecule has 15 heteroatoms. The van der Waals surface area contributed by atoms with Gasteiger partial charge < -0.3 is 10.6 Å². The average Bonchev–Trinajstić information content (AvgIpc) is 3.35. The molecule has 0 aliphatic heterocycles. The van der Waals surface area contributed by atoms with Gasteiger partial charge in [0.15, 0.2) is 0 Å². The molecule has 0 saturated heterocycles. The highest BCUT2D eigenvalue weighted by molar-refractivity contribution is 7.98. The first kappa shape index (κ1) is 34.1. The zero-order valence-corrected chi connectivity index (χ0v) is 25.5. The summed E-state index contributed by atoms with van der Waals surface area (Å²) in [6.07, 6.45) is -9.87. The van der Waals surface area contributed by atoms with Crippen molar-refractivity contribution in [1.29, 1.82) is 0 Å². The largest absolute Gasteiger partial charge is 0.435 e. The van der Waals surface area contributed by atoms with Crippen LogP contribution < -0.4 is 10.6 Å². The van der Waals surface area contributed by atoms with Gasteiger partial charge in [-0.15, -0.1) is 0 Å². The summed E-state index contributed by atoms with van der Waals surface area (Å²) in [5.41, 5.74) is -5.83. The summed E-state index contributed by atoms with van der Waals surface area (Å²) in [4.78, 5) is 26.2. The number of benzene rings is 3. The Kier molecular flexibility index (Phi) is 9.78. The number of amides is 2. The van der Waals surface area contributed by atoms with Gasteiger partial charge in [-0.25, -0.2) is 4.39 Å². The molecule has 240 valence electrons. The number of alkyl halides is 7. The molecule has 4 aromatic rings. The third kappa shape index (κ3) is 6.76. The predicted octanol–water partition coefficient (Wildman–Crippen LogP) is 8.07. The van der Waals surface area contributed by atoms with Crippen molar-refractivity contribution in [1.82, 2.24) is 15.1 Å². The van der Waals surface area contributed by atoms with Gasteiger partial charge in [0.25, 0.3) is 11.8 Å². The quantitative estimate of drug-likeness (QED) is 0.176. The summed E-state index contributed by atoms with van der Waals surface area (Å²) in [6.45, 7) is 3.39. The molecule has 0 aliphatic carbocycles. The first-order valence-corrected chi connectivity index (χ1v) is 15.0. The molecule has 0 fully saturated rings. The van der Waals surface area contributed by atoms with E-state index in [1.807, 2.05) is 13.2 Å². The minimum Gasteiger partial charge on any atom is -0.349 e. The van der Waals surface area contributed by atoms with Gasteiger partial charge in [0.05, 0.1) is 34.4 Å². The summed E-state index contributed by atoms with van der Waals surface area (Å²) in [5, 5.41) is 8.93. The highest BCUT2D eigenvalue weighted by atomic mass is 35.5. The predicted molar refractivity (Wildman–Crippen MR) is 160 cm³/mol. The van der Waals surface area contributed by atoms with Crippen LogP contribution in [0.4, 0.5) is 36.4 Å². The molecule has 0 radical (unpaired) electrons. The second kappa shape index (κ2) is 12.9. The molecule has 6 nitrogen and oxygen atoms in total. The molecule has 0 aliphatic rings. The van der Waals surface area contributed by atoms with Crippen molar-refractivity contribution in [2.75, 3.05) is 17.3 Å². The maximum absolute atomic E-state index is 14.9. The van der Waals surface area contributed by atoms with E-state index in [4.69, 9.17) is 11.6 Å². The van der Waals surface area contributed by atoms with Crippen LogP contribution in [0.2, 0.25) is 5.02 Å². The standard InChI is InChI=1S/C30H26ClF7N4O2S/c1-16-12-18(14-42-24-9-5-7-21(20(24)13-39-42)28(32,29(33,34)35)30(36,37)38)10-11-23(16)41-26(43)19-6-4-8-22(31)25(19)27(44)40-17(2)15-45-3/h4-13,17H,14-15H2,1-3H3,(H,40,44)(H,41,43)/t17-/m0/s1. The van der Waals surface area contributed by atoms with Gasteiger partial charge in [-0.2, -0.15) is 43.2 Å². The number of carbonyl (C=O) groups excluding carboxylic acids is 2. The number of halogens is 8. The number of hydrogen-bond donors (Lipinski definition) is 2. The summed E-state index contributed by atoms with van der Waals surface area (Å²) in [7, 11) is 0. The molecule has 45 heavy (non-hydrogen) atoms. The number of rotatable bonds is 9. The van der Waals surface area contributed by atoms with E-state index in [2.05, 4.69) is 15.7 Å². The molecule has 0 spiro atoms. The van der Waals surface area contributed by atoms with Crippen molar-refractivity contribution in [3.8, 4) is 0 Å². The molecule has 1 aromatic heterocycles. The molecule has 4 rings (SSSR count). The number of nitrogens with one attached hydrogen (secondary N) is 2. The molecule has 1 heterocycles. The Morgan fingerprint density at radius 2 is 1.64 bits per heavy atom. The van der Waals surface area contributed by atoms with Crippen LogP contribution >= 0.6 is 23.4 Å². The third-order valence-electron chi connectivity index (χ3n) is 6.99. The summed E-state index contributed by atoms with van der Waals surface area (Å²) in [5.74, 6) is -0.466. The minimum absolute atomic E-state index is 0.0113. The first-order chi connectivity index (χ1) is 21.0. The molecule has 0 unspecified atom stereocenters. The summed E-state index contributed by atoms with van der Waals surface area (Å²) in [6, 6.07) is 11.6. The van der Waals surface area contributed by atoms with E-state index in [1.54, 1.807) is 36.9 Å². The lowest BCUT2D eigenvalue weighted by Crippen LogP contribution is -2.50. The van der Waals surface area contributed by atoms with E-state index >= 15 is 0 Å². The van der Waals surface area contributed by atoms with Crippen LogP contribution in [-0.2, 0) is 12.2 Å². The van der Waals surface area contributed by atoms with Crippen molar-refractivity contribution in [2.24, 2.45) is 0 Å². The van der Waals surface area contributed by atoms with E-state index in [-0.39, 0.29) is 34.3 Å². The van der Waals surface area contributed by atoms with E-state index in [1.165, 1.54) is 24.3 Å². The van der Waals surface area contributed by atoms with Gasteiger partial charge in [-0.3, -0.25) is 14.3 Å². The number of anilines is 1. The van der Waals surface area contributed by atoms with Gasteiger partial charge in [0, 0.05) is 28.4 Å². The number of thioether (sulfide) groups is 1. The fourth-order valence-electron chi connectivity index (χ4n) is 4.85. The van der Waals surface area contributed by atoms with Gasteiger partial charge in [-0.05, 0) is 55.5 Å². The summed E-state index contributed by atoms with van der Waals surface area (Å²) < 4.78 is 96.6. The normalized spacial score (nSPS) is 13.1. The molecular formula is C30H26ClF7N4O2S. The number of carbonyl (C=O) groups is 2. The SMILES string of the molecule is CSC[C@H](C)NC(=O)c1c(Cl)cccc1C(=O)Nc1ccc(Cn2ncc3c(C(F)(C(F)(F)F)C(F)(F)F)cccc32)cc1C. The fraction of sp³-hybridized carbons (Fsp3) is 0.300. The van der Waals surface area contributed by atoms with Crippen LogP contribution in [0, 0.1) is 6.92 Å². The van der Waals surface area contributed by atoms with Crippen LogP contribution in [0.3, 0.4) is 0 Å². The van der Waals surface area contributed by atoms with E-state index < -0.39 is 40.8 Å². The second-order valence-electron chi connectivity index (χ2n) is 10.3. The Hall–Kier alpha value is -3.78. The Labute approximate surface area is 262 Å². The maximum Gasteiger partial charge on any atom is 0.435 e. The number of hydrogen-bond acceptors (Lipinski definition) is 4. The van der Waals surface area contributed by atoms with E-state index in [0.717, 1.165) is 16.9 Å². The van der Waals surface area contributed by atoms with Gasteiger partial charge in [0.2, 0.25) is 0 Å². The van der Waals surface area contributed by atoms with Crippen LogP contribution in [0.25, 0.3) is 10.9 Å². The monoisotopic (exact) mass is 674 g/mol. The molecule has 1 atom stereocenters. The molecular weight excluding hydrogens is 649 g/mol. The Bertz CT molecular complexity index is 1730. The fourth-order valence-corrected chi connectivity index (χ4v) is 5.70.